The van der Waals surface area contributed by atoms with Gasteiger partial charge in [0.2, 0.25) is 15.9 Å². The molecular formula is C17H20N2O3S. The second-order valence-corrected chi connectivity index (χ2v) is 7.42. The maximum absolute atomic E-state index is 12.9. The minimum absolute atomic E-state index is 0.0896. The zero-order valence-electron chi connectivity index (χ0n) is 13.1. The number of hydrogen-bond donors (Lipinski definition) is 0. The Bertz CT molecular complexity index is 741. The molecule has 1 aromatic carbocycles. The molecule has 6 heteroatoms. The molecule has 0 saturated heterocycles. The van der Waals surface area contributed by atoms with Gasteiger partial charge in [0, 0.05) is 18.7 Å². The van der Waals surface area contributed by atoms with Gasteiger partial charge in [-0.15, -0.1) is 0 Å². The van der Waals surface area contributed by atoms with Crippen LogP contribution in [0.1, 0.15) is 25.3 Å². The third-order valence-electron chi connectivity index (χ3n) is 3.74. The summed E-state index contributed by atoms with van der Waals surface area (Å²) in [7, 11) is -3.55. The summed E-state index contributed by atoms with van der Waals surface area (Å²) < 4.78 is 32.7. The van der Waals surface area contributed by atoms with Crippen molar-refractivity contribution in [2.45, 2.75) is 37.2 Å². The lowest BCUT2D eigenvalue weighted by Gasteiger charge is -2.22. The van der Waals surface area contributed by atoms with Crippen molar-refractivity contribution in [3.05, 3.63) is 54.2 Å². The molecule has 1 saturated carbocycles. The van der Waals surface area contributed by atoms with Gasteiger partial charge in [0.25, 0.3) is 0 Å². The van der Waals surface area contributed by atoms with E-state index in [9.17, 15) is 8.42 Å². The maximum Gasteiger partial charge on any atom is 0.245 e. The number of rotatable bonds is 7. The van der Waals surface area contributed by atoms with Gasteiger partial charge in [-0.3, -0.25) is 0 Å². The van der Waals surface area contributed by atoms with Crippen LogP contribution < -0.4 is 4.74 Å². The number of aromatic nitrogens is 1. The normalized spacial score (nSPS) is 14.9. The second-order valence-electron chi connectivity index (χ2n) is 5.53. The van der Waals surface area contributed by atoms with Crippen LogP contribution in [0.3, 0.4) is 0 Å². The molecule has 2 aromatic rings. The molecule has 3 rings (SSSR count). The standard InChI is InChI=1S/C17H20N2O3S/c1-2-22-17-11-10-16(12-18-17)23(20,21)19(15-8-9-15)13-14-6-4-3-5-7-14/h3-7,10-12,15H,2,8-9,13H2,1H3. The Balaban J connectivity index is 1.85. The fraction of sp³-hybridized carbons (Fsp3) is 0.353. The molecule has 0 bridgehead atoms. The highest BCUT2D eigenvalue weighted by Gasteiger charge is 2.38. The Kier molecular flexibility index (Phi) is 4.63. The number of benzene rings is 1. The van der Waals surface area contributed by atoms with Crippen LogP contribution in [0.2, 0.25) is 0 Å². The molecule has 1 aromatic heterocycles. The molecule has 1 aliphatic carbocycles. The zero-order chi connectivity index (χ0) is 16.3. The summed E-state index contributed by atoms with van der Waals surface area (Å²) in [5.74, 6) is 0.437. The largest absolute Gasteiger partial charge is 0.478 e. The van der Waals surface area contributed by atoms with Gasteiger partial charge in [-0.25, -0.2) is 13.4 Å². The summed E-state index contributed by atoms with van der Waals surface area (Å²) in [5, 5.41) is 0. The van der Waals surface area contributed by atoms with E-state index in [0.717, 1.165) is 18.4 Å². The summed E-state index contributed by atoms with van der Waals surface area (Å²) >= 11 is 0. The second kappa shape index (κ2) is 6.68. The topological polar surface area (TPSA) is 59.5 Å². The molecule has 1 fully saturated rings. The van der Waals surface area contributed by atoms with Crippen LogP contribution >= 0.6 is 0 Å². The van der Waals surface area contributed by atoms with E-state index in [0.29, 0.717) is 19.0 Å². The summed E-state index contributed by atoms with van der Waals surface area (Å²) in [6, 6.07) is 12.9. The highest BCUT2D eigenvalue weighted by molar-refractivity contribution is 7.89. The SMILES string of the molecule is CCOc1ccc(S(=O)(=O)N(Cc2ccccc2)C2CC2)cn1. The molecule has 0 amide bonds. The molecule has 23 heavy (non-hydrogen) atoms. The third kappa shape index (κ3) is 3.71. The first kappa shape index (κ1) is 16.0. The van der Waals surface area contributed by atoms with E-state index in [-0.39, 0.29) is 10.9 Å². The lowest BCUT2D eigenvalue weighted by atomic mass is 10.2. The highest BCUT2D eigenvalue weighted by Crippen LogP contribution is 2.33. The van der Waals surface area contributed by atoms with E-state index < -0.39 is 10.0 Å². The van der Waals surface area contributed by atoms with Crippen molar-refractivity contribution in [1.29, 1.82) is 0 Å². The highest BCUT2D eigenvalue weighted by atomic mass is 32.2. The number of ether oxygens (including phenoxy) is 1. The molecule has 0 N–H and O–H groups in total. The van der Waals surface area contributed by atoms with Gasteiger partial charge in [0.15, 0.2) is 0 Å². The maximum atomic E-state index is 12.9. The van der Waals surface area contributed by atoms with Crippen molar-refractivity contribution < 1.29 is 13.2 Å². The minimum atomic E-state index is -3.55. The van der Waals surface area contributed by atoms with Crippen LogP contribution in [0.4, 0.5) is 0 Å². The average Bonchev–Trinajstić information content (AvgIpc) is 3.39. The summed E-state index contributed by atoms with van der Waals surface area (Å²) in [4.78, 5) is 4.29. The molecule has 0 spiro atoms. The molecule has 0 radical (unpaired) electrons. The van der Waals surface area contributed by atoms with E-state index in [1.807, 2.05) is 37.3 Å². The van der Waals surface area contributed by atoms with Crippen molar-refractivity contribution in [3.63, 3.8) is 0 Å². The fourth-order valence-electron chi connectivity index (χ4n) is 2.42. The van der Waals surface area contributed by atoms with Crippen molar-refractivity contribution in [1.82, 2.24) is 9.29 Å². The van der Waals surface area contributed by atoms with Gasteiger partial charge in [-0.2, -0.15) is 4.31 Å². The van der Waals surface area contributed by atoms with Crippen LogP contribution in [0.25, 0.3) is 0 Å². The number of hydrogen-bond acceptors (Lipinski definition) is 4. The van der Waals surface area contributed by atoms with Gasteiger partial charge in [-0.1, -0.05) is 30.3 Å². The van der Waals surface area contributed by atoms with E-state index in [1.54, 1.807) is 16.4 Å². The zero-order valence-corrected chi connectivity index (χ0v) is 13.9. The van der Waals surface area contributed by atoms with Gasteiger partial charge in [0.1, 0.15) is 4.90 Å². The van der Waals surface area contributed by atoms with Gasteiger partial charge in [0.05, 0.1) is 12.8 Å². The molecule has 0 unspecified atom stereocenters. The van der Waals surface area contributed by atoms with Gasteiger partial charge >= 0.3 is 0 Å². The Morgan fingerprint density at radius 2 is 1.91 bits per heavy atom. The van der Waals surface area contributed by atoms with E-state index >= 15 is 0 Å². The van der Waals surface area contributed by atoms with E-state index in [4.69, 9.17) is 4.74 Å². The molecule has 122 valence electrons. The Hall–Kier alpha value is -1.92. The number of nitrogens with zero attached hydrogens (tertiary/aromatic N) is 2. The van der Waals surface area contributed by atoms with Crippen molar-refractivity contribution in [2.75, 3.05) is 6.61 Å². The van der Waals surface area contributed by atoms with Gasteiger partial charge in [-0.05, 0) is 31.4 Å². The lowest BCUT2D eigenvalue weighted by Crippen LogP contribution is -2.32. The first-order valence-corrected chi connectivity index (χ1v) is 9.20. The van der Waals surface area contributed by atoms with E-state index in [1.165, 1.54) is 6.20 Å². The van der Waals surface area contributed by atoms with Crippen LogP contribution in [0.5, 0.6) is 5.88 Å². The quantitative estimate of drug-likeness (QED) is 0.782. The van der Waals surface area contributed by atoms with Crippen LogP contribution in [-0.4, -0.2) is 30.4 Å². The van der Waals surface area contributed by atoms with Crippen molar-refractivity contribution in [2.24, 2.45) is 0 Å². The molecular weight excluding hydrogens is 312 g/mol. The number of pyridine rings is 1. The summed E-state index contributed by atoms with van der Waals surface area (Å²) in [6.45, 7) is 2.75. The molecule has 0 atom stereocenters. The van der Waals surface area contributed by atoms with Crippen LogP contribution in [0.15, 0.2) is 53.6 Å². The summed E-state index contributed by atoms with van der Waals surface area (Å²) in [6.07, 6.45) is 3.20. The van der Waals surface area contributed by atoms with Crippen LogP contribution in [0, 0.1) is 0 Å². The molecule has 5 nitrogen and oxygen atoms in total. The minimum Gasteiger partial charge on any atom is -0.478 e. The first-order chi connectivity index (χ1) is 11.1. The Morgan fingerprint density at radius 1 is 1.17 bits per heavy atom. The summed E-state index contributed by atoms with van der Waals surface area (Å²) in [5.41, 5.74) is 0.988. The number of sulfonamides is 1. The fourth-order valence-corrected chi connectivity index (χ4v) is 4.04. The monoisotopic (exact) mass is 332 g/mol. The van der Waals surface area contributed by atoms with Gasteiger partial charge < -0.3 is 4.74 Å². The molecule has 1 aliphatic rings. The first-order valence-electron chi connectivity index (χ1n) is 7.76. The molecule has 1 heterocycles. The lowest BCUT2D eigenvalue weighted by molar-refractivity contribution is 0.326. The van der Waals surface area contributed by atoms with Crippen molar-refractivity contribution >= 4 is 10.0 Å². The molecule has 0 aliphatic heterocycles. The van der Waals surface area contributed by atoms with Crippen molar-refractivity contribution in [3.8, 4) is 5.88 Å². The smallest absolute Gasteiger partial charge is 0.245 e. The predicted octanol–water partition coefficient (Wildman–Crippen LogP) is 2.83. The average molecular weight is 332 g/mol. The Morgan fingerprint density at radius 3 is 2.48 bits per heavy atom. The third-order valence-corrected chi connectivity index (χ3v) is 5.63. The predicted molar refractivity (Wildman–Crippen MR) is 87.6 cm³/mol. The van der Waals surface area contributed by atoms with Crippen LogP contribution in [-0.2, 0) is 16.6 Å². The Labute approximate surface area is 137 Å². The van der Waals surface area contributed by atoms with E-state index in [2.05, 4.69) is 4.98 Å².